The molecule has 0 radical (unpaired) electrons. The minimum atomic E-state index is -3.50. The van der Waals surface area contributed by atoms with Crippen LogP contribution in [0.15, 0.2) is 28.0 Å². The Morgan fingerprint density at radius 2 is 2.43 bits per heavy atom. The van der Waals surface area contributed by atoms with Gasteiger partial charge in [-0.3, -0.25) is 0 Å². The molecular weight excluding hydrogens is 310 g/mol. The zero-order chi connectivity index (χ0) is 14.9. The molecule has 8 heteroatoms. The third-order valence-corrected chi connectivity index (χ3v) is 6.52. The van der Waals surface area contributed by atoms with Crippen LogP contribution in [0.2, 0.25) is 0 Å². The number of rotatable bonds is 5. The summed E-state index contributed by atoms with van der Waals surface area (Å²) in [5, 5.41) is 1.71. The van der Waals surface area contributed by atoms with Gasteiger partial charge in [-0.25, -0.2) is 18.1 Å². The first-order valence-corrected chi connectivity index (χ1v) is 9.07. The number of hydrogen-bond acceptors (Lipinski definition) is 5. The summed E-state index contributed by atoms with van der Waals surface area (Å²) in [4.78, 5) is 4.27. The monoisotopic (exact) mass is 327 g/mol. The van der Waals surface area contributed by atoms with Gasteiger partial charge in [0.25, 0.3) is 10.0 Å². The molecule has 3 rings (SSSR count). The van der Waals surface area contributed by atoms with Crippen LogP contribution in [-0.2, 0) is 23.0 Å². The molecule has 21 heavy (non-hydrogen) atoms. The zero-order valence-corrected chi connectivity index (χ0v) is 13.3. The number of aromatic nitrogens is 2. The minimum Gasteiger partial charge on any atom is -0.494 e. The first kappa shape index (κ1) is 14.6. The van der Waals surface area contributed by atoms with Gasteiger partial charge in [0.1, 0.15) is 11.6 Å². The molecule has 1 aliphatic rings. The normalized spacial score (nSPS) is 18.4. The van der Waals surface area contributed by atoms with E-state index in [2.05, 4.69) is 14.3 Å². The van der Waals surface area contributed by atoms with Crippen LogP contribution in [0.25, 0.3) is 0 Å². The van der Waals surface area contributed by atoms with Gasteiger partial charge in [-0.15, -0.1) is 11.3 Å². The molecule has 0 bridgehead atoms. The van der Waals surface area contributed by atoms with Crippen molar-refractivity contribution in [2.24, 2.45) is 5.92 Å². The molecule has 0 spiro atoms. The predicted molar refractivity (Wildman–Crippen MR) is 80.1 cm³/mol. The SMILES string of the molecule is COc1ccsc1S(=O)(=O)NC[C@@H]1CCc2nccn2C1. The molecule has 114 valence electrons. The molecule has 3 heterocycles. The fourth-order valence-corrected chi connectivity index (χ4v) is 4.96. The van der Waals surface area contributed by atoms with Gasteiger partial charge >= 0.3 is 0 Å². The highest BCUT2D eigenvalue weighted by Gasteiger charge is 2.24. The predicted octanol–water partition coefficient (Wildman–Crippen LogP) is 1.49. The van der Waals surface area contributed by atoms with Gasteiger partial charge in [-0.05, 0) is 23.8 Å². The van der Waals surface area contributed by atoms with Crippen molar-refractivity contribution in [3.05, 3.63) is 29.7 Å². The fourth-order valence-electron chi connectivity index (χ4n) is 2.53. The maximum Gasteiger partial charge on any atom is 0.253 e. The molecule has 0 aliphatic carbocycles. The van der Waals surface area contributed by atoms with E-state index in [1.54, 1.807) is 17.6 Å². The van der Waals surface area contributed by atoms with E-state index in [0.717, 1.165) is 25.2 Å². The van der Waals surface area contributed by atoms with Crippen molar-refractivity contribution >= 4 is 21.4 Å². The molecule has 2 aromatic rings. The fraction of sp³-hybridized carbons (Fsp3) is 0.462. The largest absolute Gasteiger partial charge is 0.494 e. The van der Waals surface area contributed by atoms with Crippen LogP contribution in [0.3, 0.4) is 0 Å². The summed E-state index contributed by atoms with van der Waals surface area (Å²) in [7, 11) is -2.03. The van der Waals surface area contributed by atoms with Crippen LogP contribution in [0.4, 0.5) is 0 Å². The van der Waals surface area contributed by atoms with Crippen molar-refractivity contribution in [1.82, 2.24) is 14.3 Å². The van der Waals surface area contributed by atoms with Crippen molar-refractivity contribution in [2.45, 2.75) is 23.6 Å². The highest BCUT2D eigenvalue weighted by atomic mass is 32.2. The van der Waals surface area contributed by atoms with Gasteiger partial charge in [0.05, 0.1) is 7.11 Å². The van der Waals surface area contributed by atoms with Gasteiger partial charge in [-0.1, -0.05) is 0 Å². The summed E-state index contributed by atoms with van der Waals surface area (Å²) in [6, 6.07) is 1.66. The molecule has 1 N–H and O–H groups in total. The highest BCUT2D eigenvalue weighted by molar-refractivity contribution is 7.91. The lowest BCUT2D eigenvalue weighted by Crippen LogP contribution is -2.33. The van der Waals surface area contributed by atoms with E-state index in [0.29, 0.717) is 12.3 Å². The molecular formula is C13H17N3O3S2. The Bertz CT molecular complexity index is 721. The topological polar surface area (TPSA) is 73.2 Å². The summed E-state index contributed by atoms with van der Waals surface area (Å²) >= 11 is 1.17. The number of nitrogens with one attached hydrogen (secondary N) is 1. The van der Waals surface area contributed by atoms with Crippen molar-refractivity contribution in [2.75, 3.05) is 13.7 Å². The lowest BCUT2D eigenvalue weighted by molar-refractivity contribution is 0.363. The molecule has 0 fully saturated rings. The maximum atomic E-state index is 12.3. The van der Waals surface area contributed by atoms with Crippen LogP contribution < -0.4 is 9.46 Å². The standard InChI is InChI=1S/C13H17N3O3S2/c1-19-11-4-7-20-13(11)21(17,18)15-8-10-2-3-12-14-5-6-16(12)9-10/h4-7,10,15H,2-3,8-9H2,1H3/t10-/m0/s1. The number of nitrogens with zero attached hydrogens (tertiary/aromatic N) is 2. The summed E-state index contributed by atoms with van der Waals surface area (Å²) in [6.45, 7) is 1.24. The molecule has 2 aromatic heterocycles. The van der Waals surface area contributed by atoms with E-state index in [9.17, 15) is 8.42 Å². The number of aryl methyl sites for hydroxylation is 1. The number of imidazole rings is 1. The average molecular weight is 327 g/mol. The van der Waals surface area contributed by atoms with Crippen LogP contribution >= 0.6 is 11.3 Å². The van der Waals surface area contributed by atoms with E-state index in [1.807, 2.05) is 6.20 Å². The van der Waals surface area contributed by atoms with Crippen LogP contribution in [0.1, 0.15) is 12.2 Å². The van der Waals surface area contributed by atoms with Crippen molar-refractivity contribution in [3.63, 3.8) is 0 Å². The van der Waals surface area contributed by atoms with E-state index >= 15 is 0 Å². The van der Waals surface area contributed by atoms with Gasteiger partial charge in [0.15, 0.2) is 4.21 Å². The number of hydrogen-bond donors (Lipinski definition) is 1. The molecule has 1 aliphatic heterocycles. The van der Waals surface area contributed by atoms with Gasteiger partial charge in [-0.2, -0.15) is 0 Å². The Balaban J connectivity index is 1.65. The smallest absolute Gasteiger partial charge is 0.253 e. The molecule has 6 nitrogen and oxygen atoms in total. The van der Waals surface area contributed by atoms with Gasteiger partial charge in [0, 0.05) is 31.9 Å². The number of methoxy groups -OCH3 is 1. The Morgan fingerprint density at radius 3 is 3.24 bits per heavy atom. The second-order valence-electron chi connectivity index (χ2n) is 5.03. The molecule has 1 atom stereocenters. The highest BCUT2D eigenvalue weighted by Crippen LogP contribution is 2.29. The van der Waals surface area contributed by atoms with Crippen LogP contribution in [-0.4, -0.2) is 31.6 Å². The first-order chi connectivity index (χ1) is 10.1. The van der Waals surface area contributed by atoms with Gasteiger partial charge in [0.2, 0.25) is 0 Å². The third-order valence-electron chi connectivity index (χ3n) is 3.65. The first-order valence-electron chi connectivity index (χ1n) is 6.71. The van der Waals surface area contributed by atoms with Crippen molar-refractivity contribution < 1.29 is 13.2 Å². The second-order valence-corrected chi connectivity index (χ2v) is 7.91. The quantitative estimate of drug-likeness (QED) is 0.903. The number of thiophene rings is 1. The molecule has 0 saturated carbocycles. The minimum absolute atomic E-state index is 0.240. The lowest BCUT2D eigenvalue weighted by atomic mass is 10.00. The molecule has 0 unspecified atom stereocenters. The zero-order valence-electron chi connectivity index (χ0n) is 11.7. The number of ether oxygens (including phenoxy) is 1. The van der Waals surface area contributed by atoms with Crippen LogP contribution in [0, 0.1) is 5.92 Å². The average Bonchev–Trinajstić information content (AvgIpc) is 3.13. The third kappa shape index (κ3) is 2.97. The summed E-state index contributed by atoms with van der Waals surface area (Å²) in [5.74, 6) is 1.76. The number of fused-ring (bicyclic) bond motifs is 1. The van der Waals surface area contributed by atoms with E-state index in [-0.39, 0.29) is 10.1 Å². The van der Waals surface area contributed by atoms with Crippen molar-refractivity contribution in [3.8, 4) is 5.75 Å². The summed E-state index contributed by atoms with van der Waals surface area (Å²) in [5.41, 5.74) is 0. The Hall–Kier alpha value is -1.38. The second kappa shape index (κ2) is 5.78. The van der Waals surface area contributed by atoms with E-state index in [4.69, 9.17) is 4.74 Å². The Kier molecular flexibility index (Phi) is 4.01. The van der Waals surface area contributed by atoms with Crippen molar-refractivity contribution in [1.29, 1.82) is 0 Å². The molecule has 0 saturated heterocycles. The summed E-state index contributed by atoms with van der Waals surface area (Å²) in [6.07, 6.45) is 5.57. The summed E-state index contributed by atoms with van der Waals surface area (Å²) < 4.78 is 34.7. The maximum absolute atomic E-state index is 12.3. The molecule has 0 amide bonds. The van der Waals surface area contributed by atoms with E-state index < -0.39 is 10.0 Å². The van der Waals surface area contributed by atoms with E-state index in [1.165, 1.54) is 18.4 Å². The Labute approximate surface area is 127 Å². The lowest BCUT2D eigenvalue weighted by Gasteiger charge is -2.23. The number of sulfonamides is 1. The molecule has 0 aromatic carbocycles. The Morgan fingerprint density at radius 1 is 1.57 bits per heavy atom. The van der Waals surface area contributed by atoms with Gasteiger partial charge < -0.3 is 9.30 Å². The van der Waals surface area contributed by atoms with Crippen LogP contribution in [0.5, 0.6) is 5.75 Å².